The third kappa shape index (κ3) is 5.41. The zero-order chi connectivity index (χ0) is 24.8. The molecule has 0 bridgehead atoms. The molecule has 3 atom stereocenters. The largest absolute Gasteiger partial charge is 0.480 e. The average molecular weight is 467 g/mol. The van der Waals surface area contributed by atoms with Crippen LogP contribution in [0.25, 0.3) is 11.1 Å². The summed E-state index contributed by atoms with van der Waals surface area (Å²) in [6.07, 6.45) is 0.568. The quantitative estimate of drug-likeness (QED) is 0.531. The number of hydrogen-bond acceptors (Lipinski definition) is 4. The lowest BCUT2D eigenvalue weighted by Crippen LogP contribution is -2.55. The highest BCUT2D eigenvalue weighted by Gasteiger charge is 2.34. The van der Waals surface area contributed by atoms with Crippen LogP contribution in [0, 0.1) is 5.92 Å². The van der Waals surface area contributed by atoms with Crippen LogP contribution in [0.2, 0.25) is 0 Å². The summed E-state index contributed by atoms with van der Waals surface area (Å²) in [6, 6.07) is 15.0. The number of carboxylic acid groups (broad SMARTS) is 1. The Hall–Kier alpha value is -3.35. The van der Waals surface area contributed by atoms with E-state index in [0.29, 0.717) is 12.8 Å². The van der Waals surface area contributed by atoms with E-state index in [1.807, 2.05) is 64.1 Å². The van der Waals surface area contributed by atoms with Gasteiger partial charge in [0.15, 0.2) is 0 Å². The molecule has 0 radical (unpaired) electrons. The first kappa shape index (κ1) is 25.3. The van der Waals surface area contributed by atoms with Gasteiger partial charge in [0.05, 0.1) is 0 Å². The number of benzene rings is 2. The normalized spacial score (nSPS) is 14.9. The maximum Gasteiger partial charge on any atom is 0.407 e. The van der Waals surface area contributed by atoms with E-state index in [2.05, 4.69) is 17.4 Å². The summed E-state index contributed by atoms with van der Waals surface area (Å²) in [6.45, 7) is 7.22. The molecule has 182 valence electrons. The first-order chi connectivity index (χ1) is 16.3. The number of amides is 2. The standard InChI is InChI=1S/C27H34N2O5/c1-5-17(3)25(26(32)29(15-24(30)31)18(4)6-2)28-27(33)34-16-23-21-13-9-7-11-19(21)20-12-8-10-14-22(20)23/h7-14,17-18,23,25H,5-6,15-16H2,1-4H3,(H,28,33)(H,30,31). The minimum Gasteiger partial charge on any atom is -0.480 e. The maximum atomic E-state index is 13.3. The van der Waals surface area contributed by atoms with Crippen molar-refractivity contribution >= 4 is 18.0 Å². The SMILES string of the molecule is CCC(C)C(NC(=O)OCC1c2ccccc2-c2ccccc21)C(=O)N(CC(=O)O)C(C)CC. The number of carbonyl (C=O) groups is 3. The van der Waals surface area contributed by atoms with E-state index in [9.17, 15) is 19.5 Å². The lowest BCUT2D eigenvalue weighted by molar-refractivity contribution is -0.147. The summed E-state index contributed by atoms with van der Waals surface area (Å²) in [5.41, 5.74) is 4.49. The molecule has 0 saturated heterocycles. The van der Waals surface area contributed by atoms with Gasteiger partial charge >= 0.3 is 12.1 Å². The number of carbonyl (C=O) groups excluding carboxylic acids is 2. The number of rotatable bonds is 10. The molecule has 2 aromatic carbocycles. The van der Waals surface area contributed by atoms with E-state index in [0.717, 1.165) is 22.3 Å². The van der Waals surface area contributed by atoms with E-state index in [1.165, 1.54) is 4.90 Å². The molecule has 2 aromatic rings. The zero-order valence-electron chi connectivity index (χ0n) is 20.3. The van der Waals surface area contributed by atoms with Crippen molar-refractivity contribution in [3.05, 3.63) is 59.7 Å². The third-order valence-corrected chi connectivity index (χ3v) is 6.81. The fourth-order valence-electron chi connectivity index (χ4n) is 4.45. The summed E-state index contributed by atoms with van der Waals surface area (Å²) in [4.78, 5) is 38.8. The first-order valence-corrected chi connectivity index (χ1v) is 11.9. The van der Waals surface area contributed by atoms with Crippen molar-refractivity contribution in [2.45, 2.75) is 58.5 Å². The molecule has 7 heteroatoms. The second-order valence-corrected chi connectivity index (χ2v) is 8.95. The van der Waals surface area contributed by atoms with Crippen LogP contribution in [-0.4, -0.2) is 53.2 Å². The summed E-state index contributed by atoms with van der Waals surface area (Å²) in [5.74, 6) is -1.76. The van der Waals surface area contributed by atoms with Gasteiger partial charge in [0.2, 0.25) is 5.91 Å². The highest BCUT2D eigenvalue weighted by Crippen LogP contribution is 2.44. The molecule has 0 saturated carbocycles. The number of hydrogen-bond donors (Lipinski definition) is 2. The molecule has 34 heavy (non-hydrogen) atoms. The topological polar surface area (TPSA) is 95.9 Å². The lowest BCUT2D eigenvalue weighted by atomic mass is 9.97. The number of fused-ring (bicyclic) bond motifs is 3. The Bertz CT molecular complexity index is 992. The molecule has 2 N–H and O–H groups in total. The molecule has 0 aliphatic heterocycles. The van der Waals surface area contributed by atoms with E-state index >= 15 is 0 Å². The van der Waals surface area contributed by atoms with Gasteiger partial charge < -0.3 is 20.1 Å². The molecule has 1 aliphatic carbocycles. The van der Waals surface area contributed by atoms with Crippen LogP contribution in [0.1, 0.15) is 57.6 Å². The van der Waals surface area contributed by atoms with E-state index in [4.69, 9.17) is 4.74 Å². The van der Waals surface area contributed by atoms with Gasteiger partial charge in [-0.3, -0.25) is 9.59 Å². The molecule has 0 heterocycles. The Morgan fingerprint density at radius 1 is 0.971 bits per heavy atom. The van der Waals surface area contributed by atoms with Crippen LogP contribution in [-0.2, 0) is 14.3 Å². The molecule has 0 fully saturated rings. The second kappa shape index (κ2) is 11.2. The van der Waals surface area contributed by atoms with Crippen molar-refractivity contribution in [2.24, 2.45) is 5.92 Å². The van der Waals surface area contributed by atoms with Crippen molar-refractivity contribution in [1.29, 1.82) is 0 Å². The molecule has 2 amide bonds. The Balaban J connectivity index is 1.73. The summed E-state index contributed by atoms with van der Waals surface area (Å²) >= 11 is 0. The smallest absolute Gasteiger partial charge is 0.407 e. The van der Waals surface area contributed by atoms with Crippen LogP contribution in [0.15, 0.2) is 48.5 Å². The average Bonchev–Trinajstić information content (AvgIpc) is 3.16. The van der Waals surface area contributed by atoms with Gasteiger partial charge in [-0.2, -0.15) is 0 Å². The number of nitrogens with zero attached hydrogens (tertiary/aromatic N) is 1. The van der Waals surface area contributed by atoms with Crippen LogP contribution in [0.5, 0.6) is 0 Å². The van der Waals surface area contributed by atoms with Crippen molar-refractivity contribution in [2.75, 3.05) is 13.2 Å². The maximum absolute atomic E-state index is 13.3. The molecule has 1 aliphatic rings. The van der Waals surface area contributed by atoms with Gasteiger partial charge in [0.1, 0.15) is 19.2 Å². The number of alkyl carbamates (subject to hydrolysis) is 1. The van der Waals surface area contributed by atoms with Crippen LogP contribution >= 0.6 is 0 Å². The molecular weight excluding hydrogens is 432 g/mol. The minimum absolute atomic E-state index is 0.0838. The highest BCUT2D eigenvalue weighted by atomic mass is 16.5. The Morgan fingerprint density at radius 2 is 1.53 bits per heavy atom. The molecular formula is C27H34N2O5. The minimum atomic E-state index is -1.09. The van der Waals surface area contributed by atoms with Gasteiger partial charge in [-0.25, -0.2) is 4.79 Å². The summed E-state index contributed by atoms with van der Waals surface area (Å²) < 4.78 is 5.63. The predicted octanol–water partition coefficient (Wildman–Crippen LogP) is 4.65. The van der Waals surface area contributed by atoms with Gasteiger partial charge in [0, 0.05) is 12.0 Å². The van der Waals surface area contributed by atoms with Crippen LogP contribution in [0.3, 0.4) is 0 Å². The molecule has 7 nitrogen and oxygen atoms in total. The van der Waals surface area contributed by atoms with Crippen LogP contribution in [0.4, 0.5) is 4.79 Å². The molecule has 0 aromatic heterocycles. The monoisotopic (exact) mass is 466 g/mol. The van der Waals surface area contributed by atoms with Crippen molar-refractivity contribution < 1.29 is 24.2 Å². The first-order valence-electron chi connectivity index (χ1n) is 11.9. The van der Waals surface area contributed by atoms with Crippen LogP contribution < -0.4 is 5.32 Å². The van der Waals surface area contributed by atoms with Gasteiger partial charge in [-0.15, -0.1) is 0 Å². The third-order valence-electron chi connectivity index (χ3n) is 6.81. The van der Waals surface area contributed by atoms with Crippen molar-refractivity contribution in [1.82, 2.24) is 10.2 Å². The van der Waals surface area contributed by atoms with E-state index < -0.39 is 30.6 Å². The Kier molecular flexibility index (Phi) is 8.31. The number of ether oxygens (including phenoxy) is 1. The lowest BCUT2D eigenvalue weighted by Gasteiger charge is -2.33. The fraction of sp³-hybridized carbons (Fsp3) is 0.444. The van der Waals surface area contributed by atoms with Crippen molar-refractivity contribution in [3.63, 3.8) is 0 Å². The van der Waals surface area contributed by atoms with Gasteiger partial charge in [0.25, 0.3) is 0 Å². The summed E-state index contributed by atoms with van der Waals surface area (Å²) in [7, 11) is 0. The predicted molar refractivity (Wildman–Crippen MR) is 131 cm³/mol. The van der Waals surface area contributed by atoms with E-state index in [1.54, 1.807) is 0 Å². The van der Waals surface area contributed by atoms with E-state index in [-0.39, 0.29) is 24.5 Å². The van der Waals surface area contributed by atoms with Crippen molar-refractivity contribution in [3.8, 4) is 11.1 Å². The van der Waals surface area contributed by atoms with Gasteiger partial charge in [-0.1, -0.05) is 75.7 Å². The van der Waals surface area contributed by atoms with Gasteiger partial charge in [-0.05, 0) is 41.5 Å². The summed E-state index contributed by atoms with van der Waals surface area (Å²) in [5, 5.41) is 12.0. The Labute approximate surface area is 201 Å². The second-order valence-electron chi connectivity index (χ2n) is 8.95. The molecule has 0 spiro atoms. The molecule has 3 unspecified atom stereocenters. The molecule has 3 rings (SSSR count). The number of carboxylic acids is 1. The number of nitrogens with one attached hydrogen (secondary N) is 1. The Morgan fingerprint density at radius 3 is 2.03 bits per heavy atom. The fourth-order valence-corrected chi connectivity index (χ4v) is 4.45. The zero-order valence-corrected chi connectivity index (χ0v) is 20.3. The number of aliphatic carboxylic acids is 1. The highest BCUT2D eigenvalue weighted by molar-refractivity contribution is 5.88.